The van der Waals surface area contributed by atoms with E-state index in [-0.39, 0.29) is 11.5 Å². The minimum absolute atomic E-state index is 0.152. The average Bonchev–Trinajstić information content (AvgIpc) is 2.42. The molecule has 0 aliphatic rings. The smallest absolute Gasteiger partial charge is 0.187 e. The molecule has 2 rings (SSSR count). The molecule has 2 aromatic carbocycles. The van der Waals surface area contributed by atoms with Crippen LogP contribution in [0.4, 0.5) is 5.69 Å². The normalized spacial score (nSPS) is 10.7. The van der Waals surface area contributed by atoms with Crippen LogP contribution in [0.3, 0.4) is 0 Å². The zero-order valence-corrected chi connectivity index (χ0v) is 11.8. The molecule has 0 fully saturated rings. The van der Waals surface area contributed by atoms with E-state index in [4.69, 9.17) is 23.2 Å². The Morgan fingerprint density at radius 2 is 1.90 bits per heavy atom. The lowest BCUT2D eigenvalue weighted by Crippen LogP contribution is -1.96. The summed E-state index contributed by atoms with van der Waals surface area (Å²) in [6, 6.07) is 11.3. The minimum atomic E-state index is -0.198. The number of halogens is 2. The van der Waals surface area contributed by atoms with Crippen LogP contribution in [-0.4, -0.2) is 10.9 Å². The molecule has 0 amide bonds. The molecule has 0 bridgehead atoms. The van der Waals surface area contributed by atoms with Crippen molar-refractivity contribution < 1.29 is 9.90 Å². The van der Waals surface area contributed by atoms with Crippen molar-refractivity contribution in [3.63, 3.8) is 0 Å². The largest absolute Gasteiger partial charge is 0.508 e. The third-order valence-corrected chi connectivity index (χ3v) is 3.27. The number of hydrogen-bond donors (Lipinski definition) is 2. The third kappa shape index (κ3) is 3.76. The van der Waals surface area contributed by atoms with E-state index < -0.39 is 0 Å². The lowest BCUT2D eigenvalue weighted by molar-refractivity contribution is 0.104. The zero-order valence-electron chi connectivity index (χ0n) is 10.3. The summed E-state index contributed by atoms with van der Waals surface area (Å²) in [6.45, 7) is 0. The van der Waals surface area contributed by atoms with Crippen molar-refractivity contribution in [2.45, 2.75) is 0 Å². The second-order valence-electron chi connectivity index (χ2n) is 4.02. The van der Waals surface area contributed by atoms with Crippen LogP contribution < -0.4 is 5.32 Å². The Morgan fingerprint density at radius 1 is 1.10 bits per heavy atom. The fourth-order valence-electron chi connectivity index (χ4n) is 1.55. The van der Waals surface area contributed by atoms with Gasteiger partial charge in [0.1, 0.15) is 5.75 Å². The number of ketones is 1. The van der Waals surface area contributed by atoms with Gasteiger partial charge >= 0.3 is 0 Å². The van der Waals surface area contributed by atoms with Gasteiger partial charge in [0.05, 0.1) is 10.0 Å². The number of aromatic hydroxyl groups is 1. The van der Waals surface area contributed by atoms with Gasteiger partial charge in [-0.05, 0) is 30.3 Å². The van der Waals surface area contributed by atoms with Crippen molar-refractivity contribution in [1.82, 2.24) is 0 Å². The molecule has 20 heavy (non-hydrogen) atoms. The van der Waals surface area contributed by atoms with E-state index in [1.807, 2.05) is 0 Å². The van der Waals surface area contributed by atoms with E-state index in [9.17, 15) is 9.90 Å². The molecule has 0 atom stereocenters. The summed E-state index contributed by atoms with van der Waals surface area (Å²) in [7, 11) is 0. The first-order chi connectivity index (χ1) is 9.56. The number of carbonyl (C=O) groups is 1. The Hall–Kier alpha value is -1.97. The topological polar surface area (TPSA) is 49.3 Å². The standard InChI is InChI=1S/C15H11Cl2NO2/c16-13-5-4-10(8-14(13)17)15(20)6-7-18-11-2-1-3-12(19)9-11/h1-9,18-19H/b7-6-. The van der Waals surface area contributed by atoms with Crippen LogP contribution in [0.5, 0.6) is 5.75 Å². The summed E-state index contributed by atoms with van der Waals surface area (Å²) in [4.78, 5) is 11.9. The first kappa shape index (κ1) is 14.4. The Balaban J connectivity index is 2.04. The highest BCUT2D eigenvalue weighted by molar-refractivity contribution is 6.42. The number of hydrogen-bond acceptors (Lipinski definition) is 3. The lowest BCUT2D eigenvalue weighted by Gasteiger charge is -2.01. The van der Waals surface area contributed by atoms with Gasteiger partial charge in [0.25, 0.3) is 0 Å². The van der Waals surface area contributed by atoms with Gasteiger partial charge in [-0.3, -0.25) is 4.79 Å². The predicted molar refractivity (Wildman–Crippen MR) is 81.7 cm³/mol. The van der Waals surface area contributed by atoms with Crippen molar-refractivity contribution in [3.8, 4) is 5.75 Å². The van der Waals surface area contributed by atoms with E-state index in [0.29, 0.717) is 21.3 Å². The molecule has 5 heteroatoms. The molecule has 3 nitrogen and oxygen atoms in total. The molecule has 2 N–H and O–H groups in total. The van der Waals surface area contributed by atoms with Gasteiger partial charge in [0, 0.05) is 29.6 Å². The van der Waals surface area contributed by atoms with Gasteiger partial charge in [0.2, 0.25) is 0 Å². The highest BCUT2D eigenvalue weighted by Gasteiger charge is 2.04. The molecule has 0 saturated carbocycles. The van der Waals surface area contributed by atoms with Gasteiger partial charge in [-0.25, -0.2) is 0 Å². The van der Waals surface area contributed by atoms with Crippen molar-refractivity contribution in [2.75, 3.05) is 5.32 Å². The van der Waals surface area contributed by atoms with Crippen LogP contribution in [0, 0.1) is 0 Å². The van der Waals surface area contributed by atoms with E-state index in [2.05, 4.69) is 5.32 Å². The van der Waals surface area contributed by atoms with Crippen molar-refractivity contribution in [3.05, 3.63) is 70.3 Å². The number of nitrogens with one attached hydrogen (secondary N) is 1. The third-order valence-electron chi connectivity index (χ3n) is 2.53. The molecule has 102 valence electrons. The molecule has 0 aromatic heterocycles. The molecule has 0 spiro atoms. The minimum Gasteiger partial charge on any atom is -0.508 e. The van der Waals surface area contributed by atoms with Crippen molar-refractivity contribution in [1.29, 1.82) is 0 Å². The maximum absolute atomic E-state index is 11.9. The maximum Gasteiger partial charge on any atom is 0.187 e. The molecular formula is C15H11Cl2NO2. The fourth-order valence-corrected chi connectivity index (χ4v) is 1.85. The number of carbonyl (C=O) groups excluding carboxylic acids is 1. The van der Waals surface area contributed by atoms with Gasteiger partial charge in [0.15, 0.2) is 5.78 Å². The number of phenolic OH excluding ortho intramolecular Hbond substituents is 1. The monoisotopic (exact) mass is 307 g/mol. The fraction of sp³-hybridized carbons (Fsp3) is 0. The summed E-state index contributed by atoms with van der Waals surface area (Å²) < 4.78 is 0. The molecule has 2 aromatic rings. The lowest BCUT2D eigenvalue weighted by atomic mass is 10.1. The van der Waals surface area contributed by atoms with Crippen molar-refractivity contribution >= 4 is 34.7 Å². The van der Waals surface area contributed by atoms with E-state index >= 15 is 0 Å². The first-order valence-corrected chi connectivity index (χ1v) is 6.53. The number of phenols is 1. The number of anilines is 1. The summed E-state index contributed by atoms with van der Waals surface area (Å²) >= 11 is 11.6. The van der Waals surface area contributed by atoms with Crippen LogP contribution in [-0.2, 0) is 0 Å². The molecule has 0 aliphatic heterocycles. The second-order valence-corrected chi connectivity index (χ2v) is 4.84. The van der Waals surface area contributed by atoms with Crippen LogP contribution in [0.15, 0.2) is 54.7 Å². The summed E-state index contributed by atoms with van der Waals surface area (Å²) in [5.74, 6) is -0.0459. The molecule has 0 radical (unpaired) electrons. The van der Waals surface area contributed by atoms with Gasteiger partial charge in [-0.1, -0.05) is 29.3 Å². The Bertz CT molecular complexity index is 669. The average molecular weight is 308 g/mol. The van der Waals surface area contributed by atoms with E-state index in [1.54, 1.807) is 36.4 Å². The number of allylic oxidation sites excluding steroid dienone is 1. The van der Waals surface area contributed by atoms with Crippen LogP contribution in [0.2, 0.25) is 10.0 Å². The Morgan fingerprint density at radius 3 is 2.60 bits per heavy atom. The van der Waals surface area contributed by atoms with Gasteiger partial charge in [-0.15, -0.1) is 0 Å². The highest BCUT2D eigenvalue weighted by atomic mass is 35.5. The molecule has 0 heterocycles. The molecule has 0 aliphatic carbocycles. The predicted octanol–water partition coefficient (Wildman–Crippen LogP) is 4.51. The van der Waals surface area contributed by atoms with E-state index in [1.165, 1.54) is 18.3 Å². The van der Waals surface area contributed by atoms with Gasteiger partial charge in [-0.2, -0.15) is 0 Å². The van der Waals surface area contributed by atoms with Crippen molar-refractivity contribution in [2.24, 2.45) is 0 Å². The quantitative estimate of drug-likeness (QED) is 0.645. The number of rotatable bonds is 4. The van der Waals surface area contributed by atoms with Crippen LogP contribution >= 0.6 is 23.2 Å². The summed E-state index contributed by atoms with van der Waals surface area (Å²) in [6.07, 6.45) is 2.88. The zero-order chi connectivity index (χ0) is 14.5. The maximum atomic E-state index is 11.9. The Kier molecular flexibility index (Phi) is 4.66. The summed E-state index contributed by atoms with van der Waals surface area (Å²) in [5, 5.41) is 12.9. The first-order valence-electron chi connectivity index (χ1n) is 5.78. The number of benzene rings is 2. The second kappa shape index (κ2) is 6.46. The molecular weight excluding hydrogens is 297 g/mol. The molecule has 0 unspecified atom stereocenters. The highest BCUT2D eigenvalue weighted by Crippen LogP contribution is 2.23. The SMILES string of the molecule is O=C(/C=C\Nc1cccc(O)c1)c1ccc(Cl)c(Cl)c1. The Labute approximate surface area is 126 Å². The summed E-state index contributed by atoms with van der Waals surface area (Å²) in [5.41, 5.74) is 1.14. The van der Waals surface area contributed by atoms with Crippen LogP contribution in [0.1, 0.15) is 10.4 Å². The van der Waals surface area contributed by atoms with Gasteiger partial charge < -0.3 is 10.4 Å². The van der Waals surface area contributed by atoms with Crippen LogP contribution in [0.25, 0.3) is 0 Å². The van der Waals surface area contributed by atoms with E-state index in [0.717, 1.165) is 0 Å². The molecule has 0 saturated heterocycles.